The number of nitrogens with two attached hydrogens (primary N) is 1. The molecule has 0 heterocycles. The molecule has 106 valence electrons. The van der Waals surface area contributed by atoms with Crippen molar-refractivity contribution in [3.8, 4) is 0 Å². The molecule has 0 amide bonds. The molecular formula is C20H21N. The summed E-state index contributed by atoms with van der Waals surface area (Å²) in [5.41, 5.74) is 11.5. The third kappa shape index (κ3) is 2.04. The Hall–Kier alpha value is -1.86. The van der Waals surface area contributed by atoms with Crippen LogP contribution < -0.4 is 5.73 Å². The van der Waals surface area contributed by atoms with E-state index in [4.69, 9.17) is 5.73 Å². The van der Waals surface area contributed by atoms with Crippen LogP contribution in [0.25, 0.3) is 16.8 Å². The first-order chi connectivity index (χ1) is 10.4. The van der Waals surface area contributed by atoms with E-state index in [9.17, 15) is 0 Å². The lowest BCUT2D eigenvalue weighted by Gasteiger charge is -2.26. The molecule has 0 bridgehead atoms. The van der Waals surface area contributed by atoms with Crippen molar-refractivity contribution in [3.63, 3.8) is 0 Å². The number of rotatable bonds is 4. The lowest BCUT2D eigenvalue weighted by molar-refractivity contribution is 0.747. The van der Waals surface area contributed by atoms with Crippen molar-refractivity contribution < 1.29 is 0 Å². The van der Waals surface area contributed by atoms with Crippen LogP contribution >= 0.6 is 0 Å². The van der Waals surface area contributed by atoms with E-state index in [1.807, 2.05) is 0 Å². The van der Waals surface area contributed by atoms with E-state index in [-0.39, 0.29) is 0 Å². The molecule has 1 nitrogen and oxygen atoms in total. The van der Waals surface area contributed by atoms with Crippen LogP contribution in [0.3, 0.4) is 0 Å². The maximum absolute atomic E-state index is 5.63. The Bertz CT molecular complexity index is 752. The Morgan fingerprint density at radius 3 is 2.90 bits per heavy atom. The Morgan fingerprint density at radius 2 is 2.00 bits per heavy atom. The lowest BCUT2D eigenvalue weighted by Crippen LogP contribution is -2.08. The van der Waals surface area contributed by atoms with Gasteiger partial charge in [0.25, 0.3) is 0 Å². The second-order valence-electron chi connectivity index (χ2n) is 6.14. The molecule has 2 N–H and O–H groups in total. The van der Waals surface area contributed by atoms with E-state index < -0.39 is 0 Å². The van der Waals surface area contributed by atoms with Crippen molar-refractivity contribution in [2.75, 3.05) is 6.54 Å². The lowest BCUT2D eigenvalue weighted by atomic mass is 9.78. The number of allylic oxidation sites excluding steroid dienone is 3. The number of benzene rings is 2. The highest BCUT2D eigenvalue weighted by molar-refractivity contribution is 5.99. The van der Waals surface area contributed by atoms with Crippen LogP contribution in [0, 0.1) is 0 Å². The molecule has 2 aromatic rings. The fourth-order valence-corrected chi connectivity index (χ4v) is 3.79. The molecule has 1 unspecified atom stereocenters. The van der Waals surface area contributed by atoms with Gasteiger partial charge in [0.2, 0.25) is 0 Å². The number of hydrogen-bond acceptors (Lipinski definition) is 1. The van der Waals surface area contributed by atoms with Crippen molar-refractivity contribution in [2.45, 2.75) is 31.6 Å². The highest BCUT2D eigenvalue weighted by atomic mass is 14.5. The summed E-state index contributed by atoms with van der Waals surface area (Å²) in [6.45, 7) is 0.793. The van der Waals surface area contributed by atoms with Crippen molar-refractivity contribution in [1.82, 2.24) is 0 Å². The van der Waals surface area contributed by atoms with Gasteiger partial charge < -0.3 is 5.73 Å². The normalized spacial score (nSPS) is 18.4. The van der Waals surface area contributed by atoms with Crippen LogP contribution in [0.4, 0.5) is 0 Å². The monoisotopic (exact) mass is 275 g/mol. The van der Waals surface area contributed by atoms with Crippen molar-refractivity contribution in [2.24, 2.45) is 5.73 Å². The Balaban J connectivity index is 1.89. The summed E-state index contributed by atoms with van der Waals surface area (Å²) in [6.07, 6.45) is 13.8. The number of hydrogen-bond donors (Lipinski definition) is 1. The average Bonchev–Trinajstić information content (AvgIpc) is 2.54. The highest BCUT2D eigenvalue weighted by Crippen LogP contribution is 2.41. The second-order valence-corrected chi connectivity index (χ2v) is 6.14. The minimum atomic E-state index is 0.476. The van der Waals surface area contributed by atoms with Gasteiger partial charge in [-0.3, -0.25) is 0 Å². The molecule has 21 heavy (non-hydrogen) atoms. The maximum atomic E-state index is 5.63. The summed E-state index contributed by atoms with van der Waals surface area (Å²) in [6, 6.07) is 9.28. The predicted octanol–water partition coefficient (Wildman–Crippen LogP) is 4.34. The number of unbranched alkanes of at least 4 members (excludes halogenated alkanes) is 1. The molecule has 2 aromatic carbocycles. The second kappa shape index (κ2) is 5.16. The van der Waals surface area contributed by atoms with Crippen LogP contribution in [-0.4, -0.2) is 6.54 Å². The van der Waals surface area contributed by atoms with Crippen LogP contribution in [0.2, 0.25) is 0 Å². The summed E-state index contributed by atoms with van der Waals surface area (Å²) in [4.78, 5) is 0. The van der Waals surface area contributed by atoms with Gasteiger partial charge in [-0.2, -0.15) is 0 Å². The predicted molar refractivity (Wildman–Crippen MR) is 90.6 cm³/mol. The van der Waals surface area contributed by atoms with Crippen LogP contribution in [0.1, 0.15) is 41.0 Å². The fraction of sp³-hybridized carbons (Fsp3) is 0.300. The third-order valence-corrected chi connectivity index (χ3v) is 4.83. The Labute approximate surface area is 126 Å². The van der Waals surface area contributed by atoms with E-state index in [1.165, 1.54) is 33.9 Å². The smallest absolute Gasteiger partial charge is 0.0211 e. The molecule has 0 saturated heterocycles. The number of aryl methyl sites for hydroxylation is 1. The van der Waals surface area contributed by atoms with Gasteiger partial charge >= 0.3 is 0 Å². The van der Waals surface area contributed by atoms with Crippen molar-refractivity contribution in [1.29, 1.82) is 0 Å². The third-order valence-electron chi connectivity index (χ3n) is 4.83. The zero-order chi connectivity index (χ0) is 14.2. The molecule has 0 radical (unpaired) electrons. The molecule has 0 spiro atoms. The molecule has 0 saturated carbocycles. The van der Waals surface area contributed by atoms with Gasteiger partial charge in [-0.15, -0.1) is 0 Å². The van der Waals surface area contributed by atoms with Crippen molar-refractivity contribution in [3.05, 3.63) is 64.7 Å². The van der Waals surface area contributed by atoms with Crippen LogP contribution in [-0.2, 0) is 12.8 Å². The first-order valence-corrected chi connectivity index (χ1v) is 8.01. The fourth-order valence-electron chi connectivity index (χ4n) is 3.79. The molecule has 1 atom stereocenters. The van der Waals surface area contributed by atoms with Crippen LogP contribution in [0.15, 0.2) is 42.5 Å². The molecule has 4 rings (SSSR count). The highest BCUT2D eigenvalue weighted by Gasteiger charge is 2.22. The molecule has 2 aliphatic rings. The topological polar surface area (TPSA) is 26.0 Å². The van der Waals surface area contributed by atoms with Crippen molar-refractivity contribution >= 4 is 16.8 Å². The zero-order valence-corrected chi connectivity index (χ0v) is 12.3. The van der Waals surface area contributed by atoms with Gasteiger partial charge in [0.15, 0.2) is 0 Å². The SMILES string of the molecule is NCCCCc1ccc2c3c4c(ccc13)CC=CC4C=C2. The van der Waals surface area contributed by atoms with E-state index in [2.05, 4.69) is 48.6 Å². The van der Waals surface area contributed by atoms with E-state index in [0.29, 0.717) is 5.92 Å². The Kier molecular flexibility index (Phi) is 3.16. The molecule has 2 aliphatic carbocycles. The van der Waals surface area contributed by atoms with Gasteiger partial charge in [0, 0.05) is 5.92 Å². The minimum absolute atomic E-state index is 0.476. The van der Waals surface area contributed by atoms with E-state index in [0.717, 1.165) is 25.8 Å². The van der Waals surface area contributed by atoms with Gasteiger partial charge in [-0.25, -0.2) is 0 Å². The first kappa shape index (κ1) is 12.8. The zero-order valence-electron chi connectivity index (χ0n) is 12.3. The van der Waals surface area contributed by atoms with Gasteiger partial charge in [-0.05, 0) is 65.3 Å². The summed E-state index contributed by atoms with van der Waals surface area (Å²) in [5, 5.41) is 2.95. The quantitative estimate of drug-likeness (QED) is 0.652. The van der Waals surface area contributed by atoms with E-state index in [1.54, 1.807) is 5.56 Å². The average molecular weight is 275 g/mol. The van der Waals surface area contributed by atoms with E-state index >= 15 is 0 Å². The van der Waals surface area contributed by atoms with Gasteiger partial charge in [-0.1, -0.05) is 48.6 Å². The van der Waals surface area contributed by atoms with Gasteiger partial charge in [0.1, 0.15) is 0 Å². The standard InChI is InChI=1S/C20H21N/c21-13-2-1-4-14-7-8-17-10-9-15-5-3-6-16-11-12-18(14)20(17)19(15)16/h3,5,7-12,15H,1-2,4,6,13,21H2. The largest absolute Gasteiger partial charge is 0.330 e. The minimum Gasteiger partial charge on any atom is -0.330 e. The summed E-state index contributed by atoms with van der Waals surface area (Å²) < 4.78 is 0. The Morgan fingerprint density at radius 1 is 1.05 bits per heavy atom. The van der Waals surface area contributed by atoms with Gasteiger partial charge in [0.05, 0.1) is 0 Å². The molecule has 0 aliphatic heterocycles. The molecule has 0 aromatic heterocycles. The molecule has 0 fully saturated rings. The molecule has 1 heteroatoms. The first-order valence-electron chi connectivity index (χ1n) is 8.01. The summed E-state index contributed by atoms with van der Waals surface area (Å²) in [7, 11) is 0. The summed E-state index contributed by atoms with van der Waals surface area (Å²) >= 11 is 0. The molecular weight excluding hydrogens is 254 g/mol. The van der Waals surface area contributed by atoms with Crippen LogP contribution in [0.5, 0.6) is 0 Å². The summed E-state index contributed by atoms with van der Waals surface area (Å²) in [5.74, 6) is 0.476. The maximum Gasteiger partial charge on any atom is 0.0211 e.